The van der Waals surface area contributed by atoms with Crippen LogP contribution in [0.15, 0.2) is 42.6 Å². The van der Waals surface area contributed by atoms with Gasteiger partial charge in [-0.3, -0.25) is 0 Å². The van der Waals surface area contributed by atoms with E-state index in [1.54, 1.807) is 0 Å². The van der Waals surface area contributed by atoms with Crippen LogP contribution in [0, 0.1) is 0 Å². The van der Waals surface area contributed by atoms with Crippen LogP contribution in [-0.4, -0.2) is 25.6 Å². The van der Waals surface area contributed by atoms with Gasteiger partial charge in [-0.1, -0.05) is 24.3 Å². The van der Waals surface area contributed by atoms with Gasteiger partial charge in [0.15, 0.2) is 0 Å². The van der Waals surface area contributed by atoms with Gasteiger partial charge in [0.1, 0.15) is 5.82 Å². The van der Waals surface area contributed by atoms with Crippen molar-refractivity contribution in [3.63, 3.8) is 0 Å². The van der Waals surface area contributed by atoms with Gasteiger partial charge in [0.25, 0.3) is 0 Å². The van der Waals surface area contributed by atoms with Crippen molar-refractivity contribution in [2.75, 3.05) is 30.9 Å². The maximum Gasteiger partial charge on any atom is 0.128 e. The number of nitrogens with zero attached hydrogens (tertiary/aromatic N) is 2. The molecule has 21 heavy (non-hydrogen) atoms. The van der Waals surface area contributed by atoms with Crippen LogP contribution in [0.1, 0.15) is 23.6 Å². The number of hydrogen-bond acceptors (Lipinski definition) is 4. The molecule has 4 heteroatoms. The van der Waals surface area contributed by atoms with Crippen molar-refractivity contribution < 1.29 is 0 Å². The molecule has 0 saturated carbocycles. The zero-order valence-electron chi connectivity index (χ0n) is 12.6. The van der Waals surface area contributed by atoms with E-state index in [1.807, 2.05) is 31.3 Å². The zero-order chi connectivity index (χ0) is 14.7. The minimum absolute atomic E-state index is 0.336. The highest BCUT2D eigenvalue weighted by atomic mass is 15.1. The lowest BCUT2D eigenvalue weighted by Gasteiger charge is -2.20. The van der Waals surface area contributed by atoms with Crippen LogP contribution < -0.4 is 15.5 Å². The number of fused-ring (bicyclic) bond motifs is 1. The van der Waals surface area contributed by atoms with Crippen LogP contribution in [0.5, 0.6) is 0 Å². The van der Waals surface area contributed by atoms with Crippen molar-refractivity contribution >= 4 is 11.5 Å². The highest BCUT2D eigenvalue weighted by molar-refractivity contribution is 5.50. The van der Waals surface area contributed by atoms with Crippen molar-refractivity contribution in [3.8, 4) is 0 Å². The third kappa shape index (κ3) is 3.16. The molecule has 0 saturated heterocycles. The van der Waals surface area contributed by atoms with Crippen LogP contribution in [0.25, 0.3) is 0 Å². The minimum atomic E-state index is 0.336. The maximum atomic E-state index is 4.47. The number of benzene rings is 1. The van der Waals surface area contributed by atoms with Gasteiger partial charge >= 0.3 is 0 Å². The molecule has 2 N–H and O–H groups in total. The van der Waals surface area contributed by atoms with E-state index in [-0.39, 0.29) is 0 Å². The number of pyridine rings is 1. The average Bonchev–Trinajstić information content (AvgIpc) is 2.71. The molecule has 1 unspecified atom stereocenters. The third-order valence-corrected chi connectivity index (χ3v) is 3.90. The van der Waals surface area contributed by atoms with Crippen molar-refractivity contribution in [2.45, 2.75) is 19.0 Å². The predicted molar refractivity (Wildman–Crippen MR) is 87.7 cm³/mol. The molecular weight excluding hydrogens is 260 g/mol. The van der Waals surface area contributed by atoms with Gasteiger partial charge < -0.3 is 15.5 Å². The Hall–Kier alpha value is -2.07. The van der Waals surface area contributed by atoms with E-state index in [4.69, 9.17) is 0 Å². The maximum absolute atomic E-state index is 4.47. The lowest BCUT2D eigenvalue weighted by molar-refractivity contribution is 0.637. The Kier molecular flexibility index (Phi) is 4.06. The quantitative estimate of drug-likeness (QED) is 0.908. The molecule has 3 rings (SSSR count). The fraction of sp³-hybridized carbons (Fsp3) is 0.353. The Balaban J connectivity index is 1.81. The van der Waals surface area contributed by atoms with Gasteiger partial charge in [0, 0.05) is 20.6 Å². The number of hydrogen-bond donors (Lipinski definition) is 2. The summed E-state index contributed by atoms with van der Waals surface area (Å²) in [5.74, 6) is 0.975. The van der Waals surface area contributed by atoms with E-state index in [1.165, 1.54) is 11.1 Å². The minimum Gasteiger partial charge on any atom is -0.377 e. The zero-order valence-corrected chi connectivity index (χ0v) is 12.6. The fourth-order valence-corrected chi connectivity index (χ4v) is 2.75. The summed E-state index contributed by atoms with van der Waals surface area (Å²) in [6.07, 6.45) is 2.99. The first-order valence-corrected chi connectivity index (χ1v) is 7.42. The van der Waals surface area contributed by atoms with E-state index in [0.29, 0.717) is 6.04 Å². The molecule has 1 atom stereocenters. The second-order valence-corrected chi connectivity index (χ2v) is 5.66. The van der Waals surface area contributed by atoms with E-state index >= 15 is 0 Å². The Bertz CT molecular complexity index is 592. The second kappa shape index (κ2) is 6.14. The van der Waals surface area contributed by atoms with Gasteiger partial charge in [-0.05, 0) is 36.2 Å². The van der Waals surface area contributed by atoms with Crippen LogP contribution in [0.4, 0.5) is 11.5 Å². The monoisotopic (exact) mass is 282 g/mol. The van der Waals surface area contributed by atoms with E-state index < -0.39 is 0 Å². The van der Waals surface area contributed by atoms with E-state index in [9.17, 15) is 0 Å². The van der Waals surface area contributed by atoms with Gasteiger partial charge in [0.2, 0.25) is 0 Å². The highest BCUT2D eigenvalue weighted by Crippen LogP contribution is 2.27. The smallest absolute Gasteiger partial charge is 0.128 e. The highest BCUT2D eigenvalue weighted by Gasteiger charge is 2.17. The van der Waals surface area contributed by atoms with Crippen LogP contribution >= 0.6 is 0 Å². The summed E-state index contributed by atoms with van der Waals surface area (Å²) in [7, 11) is 4.01. The predicted octanol–water partition coefficient (Wildman–Crippen LogP) is 2.79. The Morgan fingerprint density at radius 2 is 2.05 bits per heavy atom. The number of nitrogens with one attached hydrogen (secondary N) is 2. The van der Waals surface area contributed by atoms with Gasteiger partial charge in [-0.15, -0.1) is 0 Å². The van der Waals surface area contributed by atoms with Crippen LogP contribution in [0.2, 0.25) is 0 Å². The summed E-state index contributed by atoms with van der Waals surface area (Å²) < 4.78 is 0. The molecule has 0 aliphatic carbocycles. The lowest BCUT2D eigenvalue weighted by atomic mass is 9.99. The summed E-state index contributed by atoms with van der Waals surface area (Å²) in [6.45, 7) is 1.97. The summed E-state index contributed by atoms with van der Waals surface area (Å²) in [5, 5.41) is 7.10. The molecule has 1 aromatic carbocycles. The second-order valence-electron chi connectivity index (χ2n) is 5.66. The summed E-state index contributed by atoms with van der Waals surface area (Å²) in [4.78, 5) is 6.48. The normalized spacial score (nSPS) is 17.7. The van der Waals surface area contributed by atoms with Gasteiger partial charge in [0.05, 0.1) is 17.9 Å². The first-order valence-electron chi connectivity index (χ1n) is 7.42. The van der Waals surface area contributed by atoms with Crippen molar-refractivity contribution in [1.82, 2.24) is 10.3 Å². The van der Waals surface area contributed by atoms with Gasteiger partial charge in [-0.25, -0.2) is 4.98 Å². The van der Waals surface area contributed by atoms with Crippen molar-refractivity contribution in [3.05, 3.63) is 53.7 Å². The SMILES string of the molecule is CN(C)c1ccc(NC2CCNCc3ccccc32)cn1. The number of aromatic nitrogens is 1. The Morgan fingerprint density at radius 1 is 1.19 bits per heavy atom. The van der Waals surface area contributed by atoms with Crippen molar-refractivity contribution in [2.24, 2.45) is 0 Å². The molecular formula is C17H22N4. The Labute approximate surface area is 126 Å². The Morgan fingerprint density at radius 3 is 2.81 bits per heavy atom. The fourth-order valence-electron chi connectivity index (χ4n) is 2.75. The van der Waals surface area contributed by atoms with Crippen LogP contribution in [-0.2, 0) is 6.54 Å². The van der Waals surface area contributed by atoms with Crippen LogP contribution in [0.3, 0.4) is 0 Å². The molecule has 2 heterocycles. The molecule has 0 bridgehead atoms. The molecule has 1 aliphatic rings. The summed E-state index contributed by atoms with van der Waals surface area (Å²) in [5.41, 5.74) is 3.84. The molecule has 110 valence electrons. The van der Waals surface area contributed by atoms with E-state index in [0.717, 1.165) is 31.0 Å². The molecule has 0 radical (unpaired) electrons. The van der Waals surface area contributed by atoms with Crippen molar-refractivity contribution in [1.29, 1.82) is 0 Å². The molecule has 1 aromatic heterocycles. The standard InChI is InChI=1S/C17H22N4/c1-21(2)17-8-7-14(12-19-17)20-16-9-10-18-11-13-5-3-4-6-15(13)16/h3-8,12,16,18,20H,9-11H2,1-2H3. The first kappa shape index (κ1) is 13.9. The topological polar surface area (TPSA) is 40.2 Å². The molecule has 1 aliphatic heterocycles. The molecule has 0 fully saturated rings. The van der Waals surface area contributed by atoms with E-state index in [2.05, 4.69) is 45.9 Å². The molecule has 0 spiro atoms. The third-order valence-electron chi connectivity index (χ3n) is 3.90. The summed E-state index contributed by atoms with van der Waals surface area (Å²) in [6, 6.07) is 13.1. The molecule has 2 aromatic rings. The first-order chi connectivity index (χ1) is 10.2. The average molecular weight is 282 g/mol. The molecule has 4 nitrogen and oxygen atoms in total. The number of rotatable bonds is 3. The summed E-state index contributed by atoms with van der Waals surface area (Å²) >= 11 is 0. The largest absolute Gasteiger partial charge is 0.377 e. The number of anilines is 2. The molecule has 0 amide bonds. The lowest BCUT2D eigenvalue weighted by Crippen LogP contribution is -2.15. The van der Waals surface area contributed by atoms with Gasteiger partial charge in [-0.2, -0.15) is 0 Å².